The number of carbonyl (C=O) groups is 11. The third-order valence-electron chi connectivity index (χ3n) is 14.7. The molecule has 0 spiro atoms. The van der Waals surface area contributed by atoms with Gasteiger partial charge >= 0.3 is 0 Å². The highest BCUT2D eigenvalue weighted by molar-refractivity contribution is 8.76. The zero-order valence-corrected chi connectivity index (χ0v) is 53.0. The van der Waals surface area contributed by atoms with Crippen molar-refractivity contribution in [3.05, 3.63) is 167 Å². The van der Waals surface area contributed by atoms with Crippen LogP contribution in [0.3, 0.4) is 0 Å². The number of phenolic OH excluding ortho intramolecular Hbond substituents is 2. The van der Waals surface area contributed by atoms with Crippen LogP contribution in [-0.4, -0.2) is 160 Å². The summed E-state index contributed by atoms with van der Waals surface area (Å²) in [5.41, 5.74) is 26.1. The third kappa shape index (κ3) is 24.4. The van der Waals surface area contributed by atoms with Crippen molar-refractivity contribution in [2.75, 3.05) is 18.1 Å². The van der Waals surface area contributed by atoms with E-state index in [1.54, 1.807) is 103 Å². The SMILES string of the molecule is C[C@@H]1NC(=O)[C@H](CC(N)=O)NC(=O)[C@H](Cc2ccccc2)NC(=O)[C@H](Cc2ccccc2)NC(=O)[C@H](CCCNC(=N)N)NC(=O)[C@@H](NC(=O)[C@@H](N)Cc2ccc(O)cc2)CSSC[C@@H](C(=O)N[C@@H](Cc2ccc(O)cc2)C(N)=O)NC(=O)[C@H](Cc2ccccc2)NC1=O. The van der Waals surface area contributed by atoms with Crippen LogP contribution in [0.5, 0.6) is 11.5 Å². The van der Waals surface area contributed by atoms with Gasteiger partial charge in [0.1, 0.15) is 65.9 Å². The van der Waals surface area contributed by atoms with E-state index in [0.29, 0.717) is 27.8 Å². The van der Waals surface area contributed by atoms with Gasteiger partial charge in [0.25, 0.3) is 0 Å². The van der Waals surface area contributed by atoms with Gasteiger partial charge in [0.2, 0.25) is 65.0 Å². The van der Waals surface area contributed by atoms with Crippen molar-refractivity contribution >= 4 is 92.5 Å². The number of hydrogen-bond donors (Lipinski definition) is 17. The van der Waals surface area contributed by atoms with Crippen LogP contribution in [0.15, 0.2) is 140 Å². The Morgan fingerprint density at radius 3 is 1.44 bits per heavy atom. The van der Waals surface area contributed by atoms with E-state index in [4.69, 9.17) is 28.3 Å². The molecule has 0 radical (unpaired) electrons. The van der Waals surface area contributed by atoms with Crippen LogP contribution in [-0.2, 0) is 84.8 Å². The minimum atomic E-state index is -1.77. The van der Waals surface area contributed by atoms with Gasteiger partial charge in [-0.1, -0.05) is 137 Å². The molecular weight excluding hydrogens is 1250 g/mol. The van der Waals surface area contributed by atoms with E-state index >= 15 is 0 Å². The first-order chi connectivity index (χ1) is 44.9. The highest BCUT2D eigenvalue weighted by atomic mass is 33.1. The van der Waals surface area contributed by atoms with Crippen molar-refractivity contribution in [3.8, 4) is 11.5 Å². The molecule has 10 atom stereocenters. The first kappa shape index (κ1) is 72.9. The van der Waals surface area contributed by atoms with Crippen molar-refractivity contribution in [1.29, 1.82) is 5.41 Å². The molecule has 5 aromatic rings. The second kappa shape index (κ2) is 36.7. The molecule has 0 aromatic heterocycles. The number of primary amides is 2. The Morgan fingerprint density at radius 1 is 0.532 bits per heavy atom. The molecule has 11 amide bonds. The summed E-state index contributed by atoms with van der Waals surface area (Å²) in [6.07, 6.45) is -1.69. The smallest absolute Gasteiger partial charge is 0.244 e. The number of aromatic hydroxyl groups is 2. The molecule has 500 valence electrons. The van der Waals surface area contributed by atoms with Gasteiger partial charge in [-0.25, -0.2) is 0 Å². The van der Waals surface area contributed by atoms with Crippen LogP contribution in [0, 0.1) is 5.41 Å². The van der Waals surface area contributed by atoms with E-state index in [-0.39, 0.29) is 80.5 Å². The van der Waals surface area contributed by atoms with Crippen molar-refractivity contribution < 1.29 is 63.0 Å². The number of nitrogens with one attached hydrogen (secondary N) is 11. The van der Waals surface area contributed by atoms with Gasteiger partial charge in [-0.05, 0) is 78.3 Å². The number of phenols is 2. The van der Waals surface area contributed by atoms with Crippen LogP contribution in [0.4, 0.5) is 0 Å². The summed E-state index contributed by atoms with van der Waals surface area (Å²) in [6.45, 7) is 1.30. The Hall–Kier alpha value is -10.2. The summed E-state index contributed by atoms with van der Waals surface area (Å²) in [5.74, 6) is -11.7. The van der Waals surface area contributed by atoms with Crippen LogP contribution in [0.1, 0.15) is 54.0 Å². The summed E-state index contributed by atoms with van der Waals surface area (Å²) < 4.78 is 0. The van der Waals surface area contributed by atoms with Gasteiger partial charge < -0.3 is 86.3 Å². The average molecular weight is 1330 g/mol. The van der Waals surface area contributed by atoms with Crippen molar-refractivity contribution in [1.82, 2.24) is 53.2 Å². The fourth-order valence-electron chi connectivity index (χ4n) is 9.64. The Balaban J connectivity index is 1.44. The number of rotatable bonds is 21. The van der Waals surface area contributed by atoms with Gasteiger partial charge in [-0.3, -0.25) is 58.1 Å². The molecule has 5 aromatic carbocycles. The molecule has 0 bridgehead atoms. The lowest BCUT2D eigenvalue weighted by molar-refractivity contribution is -0.136. The minimum absolute atomic E-state index is 0.0350. The maximum atomic E-state index is 14.9. The predicted octanol–water partition coefficient (Wildman–Crippen LogP) is -1.66. The molecule has 21 N–H and O–H groups in total. The molecule has 0 saturated carbocycles. The number of benzene rings is 5. The van der Waals surface area contributed by atoms with Crippen LogP contribution < -0.4 is 76.1 Å². The molecule has 0 aliphatic carbocycles. The van der Waals surface area contributed by atoms with Gasteiger partial charge in [-0.2, -0.15) is 0 Å². The second-order valence-corrected chi connectivity index (χ2v) is 24.8. The zero-order chi connectivity index (χ0) is 68.3. The molecule has 1 aliphatic rings. The van der Waals surface area contributed by atoms with Gasteiger partial charge in [0.05, 0.1) is 12.5 Å². The number of amides is 11. The van der Waals surface area contributed by atoms with E-state index in [9.17, 15) is 63.0 Å². The van der Waals surface area contributed by atoms with Gasteiger partial charge in [-0.15, -0.1) is 0 Å². The Morgan fingerprint density at radius 2 is 0.957 bits per heavy atom. The molecular formula is C64H79N15O13S2. The minimum Gasteiger partial charge on any atom is -0.508 e. The quantitative estimate of drug-likeness (QED) is 0.0169. The van der Waals surface area contributed by atoms with E-state index < -0.39 is 132 Å². The van der Waals surface area contributed by atoms with Gasteiger partial charge in [0.15, 0.2) is 5.96 Å². The normalized spacial score (nSPS) is 21.3. The molecule has 30 heteroatoms. The number of guanidine groups is 1. The molecule has 1 heterocycles. The topological polar surface area (TPSA) is 476 Å². The first-order valence-corrected chi connectivity index (χ1v) is 32.5. The number of nitrogens with two attached hydrogens (primary N) is 4. The summed E-state index contributed by atoms with van der Waals surface area (Å²) in [6, 6.07) is 21.8. The molecule has 28 nitrogen and oxygen atoms in total. The molecule has 94 heavy (non-hydrogen) atoms. The standard InChI is InChI=1S/C64H79N15O13S2/c1-36-55(84)74-47(30-37-12-5-2-6-13-37)61(90)79-52(63(92)73-46(54(67)83)29-41-21-25-43(81)26-22-41)35-94-93-34-51(78-56(85)44(65)28-40-19-23-42(80)24-20-40)62(91)72-45(18-11-27-70-64(68)69)57(86)75-48(31-38-14-7-3-8-15-38)59(88)76-49(32-39-16-9-4-10-17-39)60(89)77-50(33-53(66)82)58(87)71-36/h2-10,12-17,19-26,36,44-52,80-81H,11,18,27-35,65H2,1H3,(H2,66,82)(H2,67,83)(H,71,87)(H,72,91)(H,73,92)(H,74,84)(H,75,86)(H,76,88)(H,77,89)(H,78,85)(H,79,90)(H4,68,69,70)/t36-,44-,45-,46-,47-,48-,49-,50-,51-,52-/m0/s1. The largest absolute Gasteiger partial charge is 0.508 e. The predicted molar refractivity (Wildman–Crippen MR) is 352 cm³/mol. The lowest BCUT2D eigenvalue weighted by atomic mass is 10.0. The highest BCUT2D eigenvalue weighted by Gasteiger charge is 2.36. The summed E-state index contributed by atoms with van der Waals surface area (Å²) in [5, 5.41) is 53.8. The first-order valence-electron chi connectivity index (χ1n) is 30.0. The Kier molecular flexibility index (Phi) is 28.5. The van der Waals surface area contributed by atoms with Crippen molar-refractivity contribution in [2.24, 2.45) is 22.9 Å². The number of carbonyl (C=O) groups excluding carboxylic acids is 11. The average Bonchev–Trinajstić information content (AvgIpc) is 0.943. The lowest BCUT2D eigenvalue weighted by Crippen LogP contribution is -2.61. The van der Waals surface area contributed by atoms with Crippen LogP contribution in [0.2, 0.25) is 0 Å². The molecule has 1 aliphatic heterocycles. The molecule has 1 fully saturated rings. The maximum absolute atomic E-state index is 14.9. The van der Waals surface area contributed by atoms with Crippen LogP contribution in [0.25, 0.3) is 0 Å². The Bertz CT molecular complexity index is 3430. The Labute approximate surface area is 550 Å². The summed E-state index contributed by atoms with van der Waals surface area (Å²) in [4.78, 5) is 157. The van der Waals surface area contributed by atoms with E-state index in [1.807, 2.05) is 0 Å². The van der Waals surface area contributed by atoms with Crippen molar-refractivity contribution in [2.45, 2.75) is 119 Å². The third-order valence-corrected chi connectivity index (χ3v) is 17.2. The summed E-state index contributed by atoms with van der Waals surface area (Å²) >= 11 is 0. The van der Waals surface area contributed by atoms with Gasteiger partial charge in [0, 0.05) is 43.7 Å². The molecule has 6 rings (SSSR count). The van der Waals surface area contributed by atoms with Crippen molar-refractivity contribution in [3.63, 3.8) is 0 Å². The fourth-order valence-corrected chi connectivity index (χ4v) is 12.0. The fraction of sp³-hybridized carbons (Fsp3) is 0.344. The van der Waals surface area contributed by atoms with E-state index in [2.05, 4.69) is 53.2 Å². The zero-order valence-electron chi connectivity index (χ0n) is 51.3. The number of hydrogen-bond acceptors (Lipinski definition) is 17. The maximum Gasteiger partial charge on any atom is 0.244 e. The van der Waals surface area contributed by atoms with Crippen LogP contribution >= 0.6 is 21.6 Å². The molecule has 0 unspecified atom stereocenters. The van der Waals surface area contributed by atoms with E-state index in [0.717, 1.165) is 21.6 Å². The monoisotopic (exact) mass is 1330 g/mol. The second-order valence-electron chi connectivity index (χ2n) is 22.3. The summed E-state index contributed by atoms with van der Waals surface area (Å²) in [7, 11) is 1.85. The lowest BCUT2D eigenvalue weighted by Gasteiger charge is -2.28. The van der Waals surface area contributed by atoms with E-state index in [1.165, 1.54) is 43.3 Å². The highest BCUT2D eigenvalue weighted by Crippen LogP contribution is 2.24. The molecule has 1 saturated heterocycles.